The minimum atomic E-state index is -1.41. The van der Waals surface area contributed by atoms with Gasteiger partial charge < -0.3 is 10.0 Å². The Labute approximate surface area is 120 Å². The molecular weight excluding hydrogens is 276 g/mol. The van der Waals surface area contributed by atoms with Crippen LogP contribution in [0.1, 0.15) is 22.8 Å². The van der Waals surface area contributed by atoms with Gasteiger partial charge >= 0.3 is 0 Å². The Morgan fingerprint density at radius 2 is 1.86 bits per heavy atom. The molecule has 1 N–H and O–H groups in total. The van der Waals surface area contributed by atoms with Gasteiger partial charge in [0.25, 0.3) is 0 Å². The number of nitrogens with zero attached hydrogens (tertiary/aromatic N) is 1. The van der Waals surface area contributed by atoms with Crippen LogP contribution < -0.4 is 4.90 Å². The lowest BCUT2D eigenvalue weighted by molar-refractivity contribution is -0.117. The Hall–Kier alpha value is -2.27. The van der Waals surface area contributed by atoms with Crippen molar-refractivity contribution < 1.29 is 18.7 Å². The summed E-state index contributed by atoms with van der Waals surface area (Å²) in [5, 5.41) is 10.2. The van der Waals surface area contributed by atoms with Gasteiger partial charge in [-0.3, -0.25) is 4.79 Å². The third-order valence-electron chi connectivity index (χ3n) is 3.77. The summed E-state index contributed by atoms with van der Waals surface area (Å²) in [6.45, 7) is 0. The first-order valence-corrected chi connectivity index (χ1v) is 6.50. The molecule has 1 amide bonds. The second-order valence-electron chi connectivity index (χ2n) is 5.06. The van der Waals surface area contributed by atoms with Crippen LogP contribution in [0, 0.1) is 11.6 Å². The molecule has 21 heavy (non-hydrogen) atoms. The van der Waals surface area contributed by atoms with Crippen molar-refractivity contribution in [3.63, 3.8) is 0 Å². The van der Waals surface area contributed by atoms with Crippen molar-refractivity contribution in [1.29, 1.82) is 0 Å². The van der Waals surface area contributed by atoms with Crippen LogP contribution in [-0.2, 0) is 11.2 Å². The average Bonchev–Trinajstić information content (AvgIpc) is 2.73. The molecule has 2 aromatic carbocycles. The second kappa shape index (κ2) is 4.93. The summed E-state index contributed by atoms with van der Waals surface area (Å²) >= 11 is 0. The van der Waals surface area contributed by atoms with E-state index in [-0.39, 0.29) is 17.9 Å². The van der Waals surface area contributed by atoms with Crippen LogP contribution in [0.4, 0.5) is 14.5 Å². The molecule has 5 heteroatoms. The number of carbonyl (C=O) groups is 1. The van der Waals surface area contributed by atoms with Crippen molar-refractivity contribution in [2.45, 2.75) is 12.5 Å². The van der Waals surface area contributed by atoms with E-state index in [1.807, 2.05) is 0 Å². The van der Waals surface area contributed by atoms with E-state index < -0.39 is 17.7 Å². The lowest BCUT2D eigenvalue weighted by atomic mass is 9.98. The van der Waals surface area contributed by atoms with E-state index in [1.165, 1.54) is 11.0 Å². The van der Waals surface area contributed by atoms with Gasteiger partial charge in [-0.2, -0.15) is 0 Å². The molecule has 1 atom stereocenters. The molecule has 2 aromatic rings. The summed E-state index contributed by atoms with van der Waals surface area (Å²) in [4.78, 5) is 13.2. The first kappa shape index (κ1) is 13.7. The molecule has 0 saturated carbocycles. The third-order valence-corrected chi connectivity index (χ3v) is 3.77. The molecular formula is C16H13F2NO2. The maximum absolute atomic E-state index is 13.7. The molecule has 1 unspecified atom stereocenters. The predicted octanol–water partition coefficient (Wildman–Crippen LogP) is 2.57. The van der Waals surface area contributed by atoms with Crippen molar-refractivity contribution in [3.05, 3.63) is 64.7 Å². The molecule has 0 aliphatic carbocycles. The summed E-state index contributed by atoms with van der Waals surface area (Å²) < 4.78 is 27.4. The Bertz CT molecular complexity index is 710. The summed E-state index contributed by atoms with van der Waals surface area (Å²) in [5.74, 6) is -1.64. The fourth-order valence-corrected chi connectivity index (χ4v) is 2.60. The van der Waals surface area contributed by atoms with Crippen molar-refractivity contribution in [2.75, 3.05) is 11.9 Å². The molecule has 0 saturated heterocycles. The molecule has 1 heterocycles. The summed E-state index contributed by atoms with van der Waals surface area (Å²) in [5.41, 5.74) is 1.48. The minimum absolute atomic E-state index is 0.0475. The fourth-order valence-electron chi connectivity index (χ4n) is 2.60. The Balaban J connectivity index is 2.02. The Morgan fingerprint density at radius 3 is 2.52 bits per heavy atom. The van der Waals surface area contributed by atoms with Crippen molar-refractivity contribution >= 4 is 11.6 Å². The van der Waals surface area contributed by atoms with E-state index in [0.29, 0.717) is 5.56 Å². The maximum atomic E-state index is 13.7. The van der Waals surface area contributed by atoms with E-state index in [1.54, 1.807) is 25.2 Å². The van der Waals surface area contributed by atoms with Gasteiger partial charge in [0, 0.05) is 12.7 Å². The lowest BCUT2D eigenvalue weighted by Crippen LogP contribution is -2.20. The molecule has 3 rings (SSSR count). The highest BCUT2D eigenvalue weighted by Crippen LogP contribution is 2.33. The largest absolute Gasteiger partial charge is 0.383 e. The average molecular weight is 289 g/mol. The van der Waals surface area contributed by atoms with Gasteiger partial charge in [-0.25, -0.2) is 8.78 Å². The smallest absolute Gasteiger partial charge is 0.231 e. The number of hydrogen-bond donors (Lipinski definition) is 1. The van der Waals surface area contributed by atoms with Crippen molar-refractivity contribution in [3.8, 4) is 0 Å². The number of fused-ring (bicyclic) bond motifs is 1. The predicted molar refractivity (Wildman–Crippen MR) is 74.0 cm³/mol. The highest BCUT2D eigenvalue weighted by atomic mass is 19.1. The number of aliphatic hydroxyl groups excluding tert-OH is 1. The van der Waals surface area contributed by atoms with Crippen LogP contribution in [0.15, 0.2) is 36.4 Å². The van der Waals surface area contributed by atoms with Crippen molar-refractivity contribution in [1.82, 2.24) is 0 Å². The van der Waals surface area contributed by atoms with E-state index >= 15 is 0 Å². The molecule has 0 fully saturated rings. The first-order chi connectivity index (χ1) is 9.99. The number of rotatable bonds is 2. The van der Waals surface area contributed by atoms with Gasteiger partial charge in [0.1, 0.15) is 17.7 Å². The maximum Gasteiger partial charge on any atom is 0.231 e. The zero-order valence-corrected chi connectivity index (χ0v) is 11.3. The molecule has 0 spiro atoms. The Morgan fingerprint density at radius 1 is 1.19 bits per heavy atom. The molecule has 3 nitrogen and oxygen atoms in total. The zero-order valence-electron chi connectivity index (χ0n) is 11.3. The molecule has 0 aromatic heterocycles. The number of aliphatic hydroxyl groups is 1. The standard InChI is InChI=1S/C16H13F2NO2/c1-19-13-6-5-9(7-10(13)8-14(19)20)16(21)15-11(17)3-2-4-12(15)18/h2-7,16,21H,8H2,1H3. The quantitative estimate of drug-likeness (QED) is 0.923. The topological polar surface area (TPSA) is 40.5 Å². The molecule has 0 bridgehead atoms. The van der Waals surface area contributed by atoms with E-state index in [9.17, 15) is 18.7 Å². The van der Waals surface area contributed by atoms with E-state index in [4.69, 9.17) is 0 Å². The van der Waals surface area contributed by atoms with Gasteiger partial charge in [-0.05, 0) is 29.3 Å². The van der Waals surface area contributed by atoms with Crippen LogP contribution in [0.25, 0.3) is 0 Å². The second-order valence-corrected chi connectivity index (χ2v) is 5.06. The molecule has 108 valence electrons. The normalized spacial score (nSPS) is 15.2. The highest BCUT2D eigenvalue weighted by Gasteiger charge is 2.26. The number of carbonyl (C=O) groups excluding carboxylic acids is 1. The number of likely N-dealkylation sites (N-methyl/N-ethyl adjacent to an activating group) is 1. The van der Waals surface area contributed by atoms with Crippen LogP contribution in [0.2, 0.25) is 0 Å². The first-order valence-electron chi connectivity index (χ1n) is 6.50. The van der Waals surface area contributed by atoms with Crippen LogP contribution >= 0.6 is 0 Å². The Kier molecular flexibility index (Phi) is 3.22. The van der Waals surface area contributed by atoms with Gasteiger partial charge in [0.05, 0.1) is 12.0 Å². The van der Waals surface area contributed by atoms with Crippen LogP contribution in [0.3, 0.4) is 0 Å². The number of benzene rings is 2. The lowest BCUT2D eigenvalue weighted by Gasteiger charge is -2.15. The summed E-state index contributed by atoms with van der Waals surface area (Å²) in [6.07, 6.45) is -1.18. The van der Waals surface area contributed by atoms with Gasteiger partial charge in [0.2, 0.25) is 5.91 Å². The molecule has 0 radical (unpaired) electrons. The van der Waals surface area contributed by atoms with Crippen LogP contribution in [0.5, 0.6) is 0 Å². The van der Waals surface area contributed by atoms with Crippen molar-refractivity contribution in [2.24, 2.45) is 0 Å². The molecule has 1 aliphatic heterocycles. The van der Waals surface area contributed by atoms with Gasteiger partial charge in [0.15, 0.2) is 0 Å². The fraction of sp³-hybridized carbons (Fsp3) is 0.188. The zero-order chi connectivity index (χ0) is 15.1. The number of hydrogen-bond acceptors (Lipinski definition) is 2. The van der Waals surface area contributed by atoms with Crippen LogP contribution in [-0.4, -0.2) is 18.1 Å². The number of amides is 1. The van der Waals surface area contributed by atoms with Gasteiger partial charge in [-0.15, -0.1) is 0 Å². The summed E-state index contributed by atoms with van der Waals surface area (Å²) in [6, 6.07) is 8.32. The summed E-state index contributed by atoms with van der Waals surface area (Å²) in [7, 11) is 1.67. The number of anilines is 1. The van der Waals surface area contributed by atoms with Gasteiger partial charge in [-0.1, -0.05) is 18.2 Å². The number of halogens is 2. The third kappa shape index (κ3) is 2.19. The molecule has 1 aliphatic rings. The van der Waals surface area contributed by atoms with E-state index in [2.05, 4.69) is 0 Å². The highest BCUT2D eigenvalue weighted by molar-refractivity contribution is 6.00. The monoisotopic (exact) mass is 289 g/mol. The van der Waals surface area contributed by atoms with E-state index in [0.717, 1.165) is 23.4 Å². The minimum Gasteiger partial charge on any atom is -0.383 e. The SMILES string of the molecule is CN1C(=O)Cc2cc(C(O)c3c(F)cccc3F)ccc21.